The number of nitrogens with zero attached hydrogens (tertiary/aromatic N) is 4. The third kappa shape index (κ3) is 6.59. The van der Waals surface area contributed by atoms with Crippen molar-refractivity contribution in [1.82, 2.24) is 14.5 Å². The van der Waals surface area contributed by atoms with E-state index in [1.807, 2.05) is 11.8 Å². The van der Waals surface area contributed by atoms with Crippen molar-refractivity contribution < 1.29 is 22.4 Å². The summed E-state index contributed by atoms with van der Waals surface area (Å²) in [5.74, 6) is 0.430. The smallest absolute Gasteiger partial charge is 0.332 e. The Bertz CT molecular complexity index is 1740. The molecule has 4 aromatic rings. The van der Waals surface area contributed by atoms with Gasteiger partial charge in [-0.05, 0) is 91.3 Å². The summed E-state index contributed by atoms with van der Waals surface area (Å²) in [4.78, 5) is 34.2. The minimum absolute atomic E-state index is 0.0334. The number of para-hydroxylation sites is 1. The first kappa shape index (κ1) is 30.3. The van der Waals surface area contributed by atoms with Crippen LogP contribution in [0.15, 0.2) is 71.5 Å². The lowest BCUT2D eigenvalue weighted by molar-refractivity contribution is -0.140. The molecule has 5 rings (SSSR count). The van der Waals surface area contributed by atoms with Gasteiger partial charge in [0.05, 0.1) is 46.2 Å². The second kappa shape index (κ2) is 12.6. The molecule has 1 aromatic heterocycles. The Kier molecular flexibility index (Phi) is 8.87. The third-order valence-corrected chi connectivity index (χ3v) is 8.75. The number of rotatable bonds is 7. The minimum Gasteiger partial charge on any atom is -0.332 e. The van der Waals surface area contributed by atoms with E-state index >= 15 is 0 Å². The van der Waals surface area contributed by atoms with E-state index in [1.54, 1.807) is 60.4 Å². The van der Waals surface area contributed by atoms with Crippen molar-refractivity contribution in [2.45, 2.75) is 38.4 Å². The zero-order chi connectivity index (χ0) is 30.7. The zero-order valence-corrected chi connectivity index (χ0v) is 24.1. The average molecular weight is 609 g/mol. The molecule has 1 amide bonds. The van der Waals surface area contributed by atoms with Gasteiger partial charge in [0.25, 0.3) is 5.56 Å². The maximum absolute atomic E-state index is 14.0. The Balaban J connectivity index is 1.60. The van der Waals surface area contributed by atoms with Crippen molar-refractivity contribution in [3.05, 3.63) is 105 Å². The number of halogens is 4. The predicted octanol–water partition coefficient (Wildman–Crippen LogP) is 6.69. The molecule has 0 aliphatic carbocycles. The molecular formula is C32H28F4N4O2S. The largest absolute Gasteiger partial charge is 0.419 e. The van der Waals surface area contributed by atoms with E-state index in [9.17, 15) is 32.4 Å². The maximum atomic E-state index is 14.0. The van der Waals surface area contributed by atoms with Gasteiger partial charge < -0.3 is 4.90 Å². The fraction of sp³-hybridized carbons (Fsp3) is 0.312. The van der Waals surface area contributed by atoms with Gasteiger partial charge in [-0.2, -0.15) is 30.2 Å². The van der Waals surface area contributed by atoms with Gasteiger partial charge in [0, 0.05) is 6.54 Å². The van der Waals surface area contributed by atoms with E-state index < -0.39 is 29.5 Å². The topological polar surface area (TPSA) is 79.0 Å². The Morgan fingerprint density at radius 3 is 2.49 bits per heavy atom. The van der Waals surface area contributed by atoms with E-state index in [0.717, 1.165) is 30.4 Å². The molecule has 0 spiro atoms. The molecule has 3 aromatic carbocycles. The first-order valence-corrected chi connectivity index (χ1v) is 15.0. The first-order valence-electron chi connectivity index (χ1n) is 13.8. The van der Waals surface area contributed by atoms with Crippen LogP contribution in [0.25, 0.3) is 16.6 Å². The van der Waals surface area contributed by atoms with Crippen molar-refractivity contribution in [1.29, 1.82) is 5.26 Å². The van der Waals surface area contributed by atoms with Crippen LogP contribution in [0.4, 0.5) is 17.6 Å². The number of alkyl halides is 3. The number of carbonyl (C=O) groups is 1. The molecule has 43 heavy (non-hydrogen) atoms. The molecule has 0 N–H and O–H groups in total. The second-order valence-electron chi connectivity index (χ2n) is 10.6. The molecule has 1 aliphatic rings. The van der Waals surface area contributed by atoms with Gasteiger partial charge in [0.1, 0.15) is 11.6 Å². The summed E-state index contributed by atoms with van der Waals surface area (Å²) in [6.07, 6.45) is -3.56. The van der Waals surface area contributed by atoms with Crippen LogP contribution in [0.1, 0.15) is 48.3 Å². The quantitative estimate of drug-likeness (QED) is 0.219. The summed E-state index contributed by atoms with van der Waals surface area (Å²) >= 11 is 1.83. The molecule has 222 valence electrons. The summed E-state index contributed by atoms with van der Waals surface area (Å²) in [7, 11) is 0. The van der Waals surface area contributed by atoms with Gasteiger partial charge in [0.2, 0.25) is 5.91 Å². The van der Waals surface area contributed by atoms with Crippen molar-refractivity contribution in [3.63, 3.8) is 0 Å². The van der Waals surface area contributed by atoms with Crippen LogP contribution in [-0.4, -0.2) is 38.4 Å². The number of benzene rings is 3. The van der Waals surface area contributed by atoms with Gasteiger partial charge in [-0.15, -0.1) is 0 Å². The molecule has 6 nitrogen and oxygen atoms in total. The Morgan fingerprint density at radius 1 is 1.12 bits per heavy atom. The maximum Gasteiger partial charge on any atom is 0.419 e. The molecule has 0 unspecified atom stereocenters. The Morgan fingerprint density at radius 2 is 1.81 bits per heavy atom. The molecule has 1 atom stereocenters. The Labute approximate surface area is 250 Å². The van der Waals surface area contributed by atoms with E-state index in [-0.39, 0.29) is 29.3 Å². The number of fused-ring (bicyclic) bond motifs is 1. The number of nitriles is 1. The Hall–Kier alpha value is -4.17. The van der Waals surface area contributed by atoms with Gasteiger partial charge in [-0.3, -0.25) is 14.2 Å². The highest BCUT2D eigenvalue weighted by atomic mass is 32.2. The summed E-state index contributed by atoms with van der Waals surface area (Å²) in [6, 6.07) is 17.2. The number of hydrogen-bond donors (Lipinski definition) is 0. The lowest BCUT2D eigenvalue weighted by atomic mass is 10.00. The van der Waals surface area contributed by atoms with E-state index in [4.69, 9.17) is 4.98 Å². The lowest BCUT2D eigenvalue weighted by Gasteiger charge is -2.35. The highest BCUT2D eigenvalue weighted by Gasteiger charge is 2.35. The number of amides is 1. The normalized spacial score (nSPS) is 14.8. The number of thioether (sulfide) groups is 1. The molecule has 0 radical (unpaired) electrons. The second-order valence-corrected chi connectivity index (χ2v) is 11.8. The standard InChI is InChI=1S/C32H28F4N4O2S/c1-20(30-38-28-5-3-2-4-25(28)31(42)40(30)24-9-6-21(18-37)7-10-24)39(19-22-12-14-43-15-13-22)29(41)17-23-8-11-27(33)26(16-23)32(34,35)36/h2-11,16,20,22H,12-15,17,19H2,1H3/t20-/m1/s1. The predicted molar refractivity (Wildman–Crippen MR) is 157 cm³/mol. The molecule has 0 bridgehead atoms. The molecule has 0 saturated carbocycles. The van der Waals surface area contributed by atoms with Crippen molar-refractivity contribution >= 4 is 28.6 Å². The van der Waals surface area contributed by atoms with E-state index in [0.29, 0.717) is 34.8 Å². The number of carbonyl (C=O) groups excluding carboxylic acids is 1. The third-order valence-electron chi connectivity index (χ3n) is 7.71. The molecule has 1 saturated heterocycles. The van der Waals surface area contributed by atoms with Gasteiger partial charge in [-0.25, -0.2) is 9.37 Å². The number of hydrogen-bond acceptors (Lipinski definition) is 5. The van der Waals surface area contributed by atoms with Crippen LogP contribution >= 0.6 is 11.8 Å². The number of aromatic nitrogens is 2. The fourth-order valence-electron chi connectivity index (χ4n) is 5.36. The SMILES string of the molecule is C[C@H](c1nc2ccccc2c(=O)n1-c1ccc(C#N)cc1)N(CC1CCSCC1)C(=O)Cc1ccc(F)c(C(F)(F)F)c1. The molecule has 11 heteroatoms. The summed E-state index contributed by atoms with van der Waals surface area (Å²) in [5, 5.41) is 9.64. The lowest BCUT2D eigenvalue weighted by Crippen LogP contribution is -2.41. The zero-order valence-electron chi connectivity index (χ0n) is 23.3. The highest BCUT2D eigenvalue weighted by Crippen LogP contribution is 2.33. The van der Waals surface area contributed by atoms with Crippen LogP contribution < -0.4 is 5.56 Å². The van der Waals surface area contributed by atoms with E-state index in [1.165, 1.54) is 10.6 Å². The molecule has 1 fully saturated rings. The average Bonchev–Trinajstić information content (AvgIpc) is 3.00. The molecular weight excluding hydrogens is 580 g/mol. The van der Waals surface area contributed by atoms with Gasteiger partial charge in [-0.1, -0.05) is 18.2 Å². The van der Waals surface area contributed by atoms with Crippen LogP contribution in [-0.2, 0) is 17.4 Å². The summed E-state index contributed by atoms with van der Waals surface area (Å²) in [5.41, 5.74) is -0.441. The van der Waals surface area contributed by atoms with Gasteiger partial charge >= 0.3 is 6.18 Å². The van der Waals surface area contributed by atoms with Crippen molar-refractivity contribution in [2.24, 2.45) is 5.92 Å². The monoisotopic (exact) mass is 608 g/mol. The minimum atomic E-state index is -4.90. The van der Waals surface area contributed by atoms with E-state index in [2.05, 4.69) is 6.07 Å². The summed E-state index contributed by atoms with van der Waals surface area (Å²) in [6.45, 7) is 2.07. The fourth-order valence-corrected chi connectivity index (χ4v) is 6.57. The van der Waals surface area contributed by atoms with Crippen molar-refractivity contribution in [2.75, 3.05) is 18.1 Å². The molecule has 2 heterocycles. The van der Waals surface area contributed by atoms with Crippen LogP contribution in [0, 0.1) is 23.1 Å². The molecule has 1 aliphatic heterocycles. The summed E-state index contributed by atoms with van der Waals surface area (Å²) < 4.78 is 55.6. The highest BCUT2D eigenvalue weighted by molar-refractivity contribution is 7.99. The van der Waals surface area contributed by atoms with Gasteiger partial charge in [0.15, 0.2) is 0 Å². The first-order chi connectivity index (χ1) is 20.6. The van der Waals surface area contributed by atoms with Crippen molar-refractivity contribution in [3.8, 4) is 11.8 Å². The van der Waals surface area contributed by atoms with Crippen LogP contribution in [0.2, 0.25) is 0 Å². The van der Waals surface area contributed by atoms with Crippen LogP contribution in [0.5, 0.6) is 0 Å². The van der Waals surface area contributed by atoms with Crippen LogP contribution in [0.3, 0.4) is 0 Å².